The Morgan fingerprint density at radius 3 is 2.36 bits per heavy atom. The number of ether oxygens (including phenoxy) is 1. The highest BCUT2D eigenvalue weighted by molar-refractivity contribution is 7.92. The Bertz CT molecular complexity index is 1060. The molecule has 0 amide bonds. The fourth-order valence-corrected chi connectivity index (χ4v) is 3.69. The van der Waals surface area contributed by atoms with Gasteiger partial charge in [0, 0.05) is 11.9 Å². The van der Waals surface area contributed by atoms with Gasteiger partial charge < -0.3 is 15.4 Å². The van der Waals surface area contributed by atoms with Crippen molar-refractivity contribution in [3.05, 3.63) is 73.1 Å². The molecule has 0 saturated carbocycles. The first-order valence-corrected chi connectivity index (χ1v) is 10.1. The third kappa shape index (κ3) is 4.96. The number of hydrogen-bond donors (Lipinski definition) is 3. The van der Waals surface area contributed by atoms with Crippen LogP contribution in [-0.2, 0) is 10.0 Å². The second-order valence-electron chi connectivity index (χ2n) is 5.65. The molecule has 2 aromatic carbocycles. The third-order valence-corrected chi connectivity index (χ3v) is 5.28. The topological polar surface area (TPSA) is 92.3 Å². The van der Waals surface area contributed by atoms with Crippen LogP contribution in [0.4, 0.5) is 17.1 Å². The van der Waals surface area contributed by atoms with Crippen molar-refractivity contribution in [3.63, 3.8) is 0 Å². The SMILES string of the molecule is COc1ccccc1NS(=O)(=O)c1ccc(NC(=S)Nc2cccnc2)cc1. The zero-order valence-electron chi connectivity index (χ0n) is 14.9. The zero-order valence-corrected chi connectivity index (χ0v) is 16.5. The summed E-state index contributed by atoms with van der Waals surface area (Å²) in [5.41, 5.74) is 1.77. The van der Waals surface area contributed by atoms with Crippen LogP contribution < -0.4 is 20.1 Å². The van der Waals surface area contributed by atoms with E-state index >= 15 is 0 Å². The Kier molecular flexibility index (Phi) is 6.07. The van der Waals surface area contributed by atoms with Crippen LogP contribution in [0.5, 0.6) is 5.75 Å². The van der Waals surface area contributed by atoms with E-state index in [4.69, 9.17) is 17.0 Å². The van der Waals surface area contributed by atoms with Gasteiger partial charge in [-0.05, 0) is 60.7 Å². The van der Waals surface area contributed by atoms with E-state index < -0.39 is 10.0 Å². The number of thiocarbonyl (C=S) groups is 1. The summed E-state index contributed by atoms with van der Waals surface area (Å²) in [4.78, 5) is 4.12. The van der Waals surface area contributed by atoms with E-state index in [2.05, 4.69) is 20.3 Å². The maximum atomic E-state index is 12.6. The number of methoxy groups -OCH3 is 1. The second-order valence-corrected chi connectivity index (χ2v) is 7.74. The molecule has 0 saturated heterocycles. The lowest BCUT2D eigenvalue weighted by Gasteiger charge is -2.13. The van der Waals surface area contributed by atoms with Crippen molar-refractivity contribution >= 4 is 44.4 Å². The maximum Gasteiger partial charge on any atom is 0.262 e. The van der Waals surface area contributed by atoms with E-state index in [1.807, 2.05) is 6.07 Å². The molecule has 0 aliphatic rings. The van der Waals surface area contributed by atoms with Crippen LogP contribution in [0.2, 0.25) is 0 Å². The van der Waals surface area contributed by atoms with Crippen molar-refractivity contribution in [2.24, 2.45) is 0 Å². The highest BCUT2D eigenvalue weighted by Crippen LogP contribution is 2.26. The number of nitrogens with zero attached hydrogens (tertiary/aromatic N) is 1. The first-order valence-electron chi connectivity index (χ1n) is 8.22. The van der Waals surface area contributed by atoms with Crippen LogP contribution in [0.1, 0.15) is 0 Å². The number of rotatable bonds is 6. The summed E-state index contributed by atoms with van der Waals surface area (Å²) in [6.07, 6.45) is 3.31. The van der Waals surface area contributed by atoms with Crippen LogP contribution in [-0.4, -0.2) is 25.6 Å². The number of para-hydroxylation sites is 2. The van der Waals surface area contributed by atoms with Gasteiger partial charge in [0.2, 0.25) is 0 Å². The highest BCUT2D eigenvalue weighted by Gasteiger charge is 2.16. The lowest BCUT2D eigenvalue weighted by atomic mass is 10.3. The quantitative estimate of drug-likeness (QED) is 0.530. The number of hydrogen-bond acceptors (Lipinski definition) is 5. The predicted octanol–water partition coefficient (Wildman–Crippen LogP) is 3.70. The molecular weight excluding hydrogens is 396 g/mol. The summed E-state index contributed by atoms with van der Waals surface area (Å²) in [6.45, 7) is 0. The number of nitrogens with one attached hydrogen (secondary N) is 3. The number of benzene rings is 2. The van der Waals surface area contributed by atoms with E-state index in [-0.39, 0.29) is 4.90 Å². The van der Waals surface area contributed by atoms with Gasteiger partial charge >= 0.3 is 0 Å². The molecule has 0 bridgehead atoms. The Hall–Kier alpha value is -3.17. The normalized spacial score (nSPS) is 10.8. The van der Waals surface area contributed by atoms with Gasteiger partial charge in [0.05, 0.1) is 29.6 Å². The van der Waals surface area contributed by atoms with Gasteiger partial charge in [-0.3, -0.25) is 9.71 Å². The van der Waals surface area contributed by atoms with Crippen LogP contribution >= 0.6 is 12.2 Å². The van der Waals surface area contributed by atoms with E-state index in [1.165, 1.54) is 19.2 Å². The maximum absolute atomic E-state index is 12.6. The molecule has 28 heavy (non-hydrogen) atoms. The molecule has 7 nitrogen and oxygen atoms in total. The Balaban J connectivity index is 1.68. The summed E-state index contributed by atoms with van der Waals surface area (Å²) in [5, 5.41) is 6.36. The summed E-state index contributed by atoms with van der Waals surface area (Å²) in [5.74, 6) is 0.441. The van der Waals surface area contributed by atoms with E-state index in [9.17, 15) is 8.42 Å². The molecule has 0 fully saturated rings. The molecule has 0 aliphatic heterocycles. The van der Waals surface area contributed by atoms with Crippen molar-refractivity contribution in [1.82, 2.24) is 4.98 Å². The first-order chi connectivity index (χ1) is 13.5. The number of sulfonamides is 1. The Morgan fingerprint density at radius 1 is 0.964 bits per heavy atom. The lowest BCUT2D eigenvalue weighted by molar-refractivity contribution is 0.417. The minimum atomic E-state index is -3.75. The van der Waals surface area contributed by atoms with Crippen molar-refractivity contribution in [2.75, 3.05) is 22.5 Å². The molecule has 1 aromatic heterocycles. The molecule has 0 radical (unpaired) electrons. The van der Waals surface area contributed by atoms with Crippen LogP contribution in [0, 0.1) is 0 Å². The van der Waals surface area contributed by atoms with Crippen LogP contribution in [0.15, 0.2) is 78.0 Å². The average molecular weight is 415 g/mol. The third-order valence-electron chi connectivity index (χ3n) is 3.69. The van der Waals surface area contributed by atoms with Gasteiger partial charge in [0.15, 0.2) is 5.11 Å². The second kappa shape index (κ2) is 8.68. The smallest absolute Gasteiger partial charge is 0.262 e. The Labute approximate surface area is 168 Å². The molecule has 0 unspecified atom stereocenters. The fraction of sp³-hybridized carbons (Fsp3) is 0.0526. The molecule has 9 heteroatoms. The lowest BCUT2D eigenvalue weighted by Crippen LogP contribution is -2.19. The molecule has 1 heterocycles. The summed E-state index contributed by atoms with van der Waals surface area (Å²) in [7, 11) is -2.27. The zero-order chi connectivity index (χ0) is 20.0. The van der Waals surface area contributed by atoms with Crippen molar-refractivity contribution in [3.8, 4) is 5.75 Å². The summed E-state index contributed by atoms with van der Waals surface area (Å²) >= 11 is 5.24. The van der Waals surface area contributed by atoms with Gasteiger partial charge in [-0.1, -0.05) is 12.1 Å². The van der Waals surface area contributed by atoms with Gasteiger partial charge in [-0.25, -0.2) is 8.42 Å². The van der Waals surface area contributed by atoms with E-state index in [0.717, 1.165) is 5.69 Å². The molecule has 3 N–H and O–H groups in total. The molecule has 0 spiro atoms. The number of pyridine rings is 1. The van der Waals surface area contributed by atoms with Crippen molar-refractivity contribution in [1.29, 1.82) is 0 Å². The largest absolute Gasteiger partial charge is 0.495 e. The number of aromatic nitrogens is 1. The van der Waals surface area contributed by atoms with Gasteiger partial charge in [-0.15, -0.1) is 0 Å². The van der Waals surface area contributed by atoms with Gasteiger partial charge in [0.1, 0.15) is 5.75 Å². The minimum absolute atomic E-state index is 0.120. The fourth-order valence-electron chi connectivity index (χ4n) is 2.38. The highest BCUT2D eigenvalue weighted by atomic mass is 32.2. The molecular formula is C19H18N4O3S2. The standard InChI is InChI=1S/C19H18N4O3S2/c1-26-18-7-3-2-6-17(18)23-28(24,25)16-10-8-14(9-11-16)21-19(27)22-15-5-4-12-20-13-15/h2-13,23H,1H3,(H2,21,22,27). The monoisotopic (exact) mass is 414 g/mol. The molecule has 144 valence electrons. The average Bonchev–Trinajstić information content (AvgIpc) is 2.69. The molecule has 3 rings (SSSR count). The summed E-state index contributed by atoms with van der Waals surface area (Å²) < 4.78 is 32.9. The van der Waals surface area contributed by atoms with Crippen molar-refractivity contribution < 1.29 is 13.2 Å². The predicted molar refractivity (Wildman–Crippen MR) is 114 cm³/mol. The molecule has 0 atom stereocenters. The van der Waals surface area contributed by atoms with E-state index in [1.54, 1.807) is 54.9 Å². The number of anilines is 3. The molecule has 3 aromatic rings. The Morgan fingerprint density at radius 2 is 1.68 bits per heavy atom. The van der Waals surface area contributed by atoms with Crippen molar-refractivity contribution in [2.45, 2.75) is 4.90 Å². The first kappa shape index (κ1) is 19.6. The minimum Gasteiger partial charge on any atom is -0.495 e. The van der Waals surface area contributed by atoms with Gasteiger partial charge in [-0.2, -0.15) is 0 Å². The van der Waals surface area contributed by atoms with Crippen LogP contribution in [0.25, 0.3) is 0 Å². The van der Waals surface area contributed by atoms with Crippen LogP contribution in [0.3, 0.4) is 0 Å². The van der Waals surface area contributed by atoms with E-state index in [0.29, 0.717) is 22.2 Å². The molecule has 0 aliphatic carbocycles. The summed E-state index contributed by atoms with van der Waals surface area (Å²) in [6, 6.07) is 16.7. The van der Waals surface area contributed by atoms with Gasteiger partial charge in [0.25, 0.3) is 10.0 Å².